The van der Waals surface area contributed by atoms with Gasteiger partial charge in [-0.15, -0.1) is 0 Å². The number of fused-ring (bicyclic) bond motifs is 1. The van der Waals surface area contributed by atoms with Gasteiger partial charge in [-0.1, -0.05) is 49.4 Å². The number of nitrogens with one attached hydrogen (secondary N) is 1. The number of hydrogen-bond donors (Lipinski definition) is 1. The van der Waals surface area contributed by atoms with Crippen molar-refractivity contribution in [2.75, 3.05) is 13.1 Å². The molecule has 2 heteroatoms. The van der Waals surface area contributed by atoms with Crippen LogP contribution in [0.5, 0.6) is 0 Å². The second kappa shape index (κ2) is 6.92. The highest BCUT2D eigenvalue weighted by Gasteiger charge is 2.02. The van der Waals surface area contributed by atoms with Gasteiger partial charge in [0.25, 0.3) is 0 Å². The smallest absolute Gasteiger partial charge is 0.0669 e. The van der Waals surface area contributed by atoms with Crippen molar-refractivity contribution >= 4 is 10.8 Å². The third-order valence-corrected chi connectivity index (χ3v) is 3.47. The molecule has 0 radical (unpaired) electrons. The maximum absolute atomic E-state index is 8.87. The summed E-state index contributed by atoms with van der Waals surface area (Å²) in [4.78, 5) is 0. The van der Waals surface area contributed by atoms with Crippen molar-refractivity contribution in [2.24, 2.45) is 5.92 Å². The van der Waals surface area contributed by atoms with Crippen molar-refractivity contribution in [3.05, 3.63) is 48.0 Å². The van der Waals surface area contributed by atoms with E-state index in [1.165, 1.54) is 16.3 Å². The lowest BCUT2D eigenvalue weighted by molar-refractivity contribution is 0.555. The molecule has 0 aliphatic carbocycles. The molecule has 1 unspecified atom stereocenters. The fourth-order valence-corrected chi connectivity index (χ4v) is 2.18. The Bertz CT molecular complexity index is 569. The second-order valence-corrected chi connectivity index (χ2v) is 4.87. The number of rotatable bonds is 6. The van der Waals surface area contributed by atoms with Crippen molar-refractivity contribution in [1.29, 1.82) is 5.26 Å². The molecule has 0 aromatic heterocycles. The molecule has 2 aromatic carbocycles. The summed E-state index contributed by atoms with van der Waals surface area (Å²) in [7, 11) is 0. The molecule has 0 saturated carbocycles. The first-order valence-corrected chi connectivity index (χ1v) is 6.91. The Morgan fingerprint density at radius 1 is 1.16 bits per heavy atom. The van der Waals surface area contributed by atoms with Gasteiger partial charge in [0.1, 0.15) is 0 Å². The number of hydrogen-bond acceptors (Lipinski definition) is 2. The van der Waals surface area contributed by atoms with Crippen molar-refractivity contribution in [2.45, 2.75) is 19.8 Å². The first-order chi connectivity index (χ1) is 9.33. The molecule has 0 bridgehead atoms. The van der Waals surface area contributed by atoms with E-state index in [9.17, 15) is 0 Å². The van der Waals surface area contributed by atoms with Gasteiger partial charge in [0.2, 0.25) is 0 Å². The molecular formula is C17H20N2. The molecule has 0 heterocycles. The second-order valence-electron chi connectivity index (χ2n) is 4.87. The highest BCUT2D eigenvalue weighted by Crippen LogP contribution is 2.15. The van der Waals surface area contributed by atoms with Crippen molar-refractivity contribution in [3.63, 3.8) is 0 Å². The summed E-state index contributed by atoms with van der Waals surface area (Å²) in [6.07, 6.45) is 1.92. The zero-order valence-electron chi connectivity index (χ0n) is 11.4. The zero-order chi connectivity index (χ0) is 13.5. The highest BCUT2D eigenvalue weighted by atomic mass is 14.8. The highest BCUT2D eigenvalue weighted by molar-refractivity contribution is 5.82. The summed E-state index contributed by atoms with van der Waals surface area (Å²) in [5, 5.41) is 14.8. The zero-order valence-corrected chi connectivity index (χ0v) is 11.4. The lowest BCUT2D eigenvalue weighted by Gasteiger charge is -2.08. The van der Waals surface area contributed by atoms with Crippen LogP contribution in [0.3, 0.4) is 0 Å². The van der Waals surface area contributed by atoms with Crippen LogP contribution >= 0.6 is 0 Å². The summed E-state index contributed by atoms with van der Waals surface area (Å²) in [5.41, 5.74) is 1.34. The van der Waals surface area contributed by atoms with Gasteiger partial charge in [-0.25, -0.2) is 0 Å². The van der Waals surface area contributed by atoms with E-state index in [1.807, 2.05) is 0 Å². The maximum atomic E-state index is 8.87. The van der Waals surface area contributed by atoms with Crippen LogP contribution < -0.4 is 5.32 Å². The largest absolute Gasteiger partial charge is 0.315 e. The minimum atomic E-state index is 0.136. The Balaban J connectivity index is 1.86. The van der Waals surface area contributed by atoms with Crippen molar-refractivity contribution < 1.29 is 0 Å². The van der Waals surface area contributed by atoms with E-state index in [0.29, 0.717) is 0 Å². The molecule has 1 N–H and O–H groups in total. The first-order valence-electron chi connectivity index (χ1n) is 6.91. The average molecular weight is 252 g/mol. The Morgan fingerprint density at radius 3 is 2.68 bits per heavy atom. The molecule has 19 heavy (non-hydrogen) atoms. The maximum Gasteiger partial charge on any atom is 0.0669 e. The minimum absolute atomic E-state index is 0.136. The van der Waals surface area contributed by atoms with E-state index in [0.717, 1.165) is 25.9 Å². The third kappa shape index (κ3) is 3.81. The fourth-order valence-electron chi connectivity index (χ4n) is 2.18. The Hall–Kier alpha value is -1.85. The summed E-state index contributed by atoms with van der Waals surface area (Å²) >= 11 is 0. The Kier molecular flexibility index (Phi) is 4.94. The summed E-state index contributed by atoms with van der Waals surface area (Å²) in [5.74, 6) is 0.136. The topological polar surface area (TPSA) is 35.8 Å². The third-order valence-electron chi connectivity index (χ3n) is 3.47. The fraction of sp³-hybridized carbons (Fsp3) is 0.353. The van der Waals surface area contributed by atoms with Crippen LogP contribution in [-0.4, -0.2) is 13.1 Å². The van der Waals surface area contributed by atoms with Gasteiger partial charge in [0.15, 0.2) is 0 Å². The summed E-state index contributed by atoms with van der Waals surface area (Å²) in [6, 6.07) is 17.3. The van der Waals surface area contributed by atoms with Crippen LogP contribution in [0.1, 0.15) is 18.9 Å². The van der Waals surface area contributed by atoms with E-state index in [2.05, 4.69) is 60.8 Å². The van der Waals surface area contributed by atoms with Gasteiger partial charge < -0.3 is 5.32 Å². The molecule has 1 atom stereocenters. The molecule has 0 spiro atoms. The molecule has 98 valence electrons. The molecule has 2 nitrogen and oxygen atoms in total. The molecule has 0 saturated heterocycles. The molecule has 2 aromatic rings. The normalized spacial score (nSPS) is 12.2. The monoisotopic (exact) mass is 252 g/mol. The van der Waals surface area contributed by atoms with Gasteiger partial charge in [-0.2, -0.15) is 5.26 Å². The molecular weight excluding hydrogens is 232 g/mol. The molecule has 0 aliphatic heterocycles. The Morgan fingerprint density at radius 2 is 1.95 bits per heavy atom. The van der Waals surface area contributed by atoms with Gasteiger partial charge >= 0.3 is 0 Å². The van der Waals surface area contributed by atoms with Crippen LogP contribution in [-0.2, 0) is 6.42 Å². The Labute approximate surface area is 115 Å². The van der Waals surface area contributed by atoms with Gasteiger partial charge in [0.05, 0.1) is 12.0 Å². The van der Waals surface area contributed by atoms with Gasteiger partial charge in [0, 0.05) is 6.54 Å². The predicted molar refractivity (Wildman–Crippen MR) is 79.9 cm³/mol. The van der Waals surface area contributed by atoms with Crippen molar-refractivity contribution in [1.82, 2.24) is 5.32 Å². The van der Waals surface area contributed by atoms with Crippen LogP contribution in [0.15, 0.2) is 42.5 Å². The van der Waals surface area contributed by atoms with Crippen LogP contribution in [0, 0.1) is 17.2 Å². The summed E-state index contributed by atoms with van der Waals surface area (Å²) < 4.78 is 0. The quantitative estimate of drug-likeness (QED) is 0.798. The molecule has 2 rings (SSSR count). The standard InChI is InChI=1S/C17H20N2/c1-2-14(12-18)13-19-10-9-15-7-8-16-5-3-4-6-17(16)11-15/h3-8,11,14,19H,2,9-10,13H2,1H3. The van der Waals surface area contributed by atoms with E-state index in [1.54, 1.807) is 0 Å². The van der Waals surface area contributed by atoms with E-state index < -0.39 is 0 Å². The lowest BCUT2D eigenvalue weighted by Crippen LogP contribution is -2.23. The number of nitriles is 1. The van der Waals surface area contributed by atoms with Gasteiger partial charge in [-0.3, -0.25) is 0 Å². The van der Waals surface area contributed by atoms with Crippen LogP contribution in [0.2, 0.25) is 0 Å². The number of benzene rings is 2. The lowest BCUT2D eigenvalue weighted by atomic mass is 10.0. The summed E-state index contributed by atoms with van der Waals surface area (Å²) in [6.45, 7) is 3.77. The van der Waals surface area contributed by atoms with Crippen molar-refractivity contribution in [3.8, 4) is 6.07 Å². The average Bonchev–Trinajstić information content (AvgIpc) is 2.47. The molecule has 0 amide bonds. The predicted octanol–water partition coefficient (Wildman–Crippen LogP) is 3.52. The molecule has 0 aliphatic rings. The number of nitrogens with zero attached hydrogens (tertiary/aromatic N) is 1. The minimum Gasteiger partial charge on any atom is -0.315 e. The SMILES string of the molecule is CCC(C#N)CNCCc1ccc2ccccc2c1. The van der Waals surface area contributed by atoms with Crippen LogP contribution in [0.4, 0.5) is 0 Å². The van der Waals surface area contributed by atoms with E-state index in [-0.39, 0.29) is 5.92 Å². The van der Waals surface area contributed by atoms with Crippen LogP contribution in [0.25, 0.3) is 10.8 Å². The van der Waals surface area contributed by atoms with Gasteiger partial charge in [-0.05, 0) is 35.7 Å². The van der Waals surface area contributed by atoms with E-state index in [4.69, 9.17) is 5.26 Å². The van der Waals surface area contributed by atoms with E-state index >= 15 is 0 Å². The first kappa shape index (κ1) is 13.6. The molecule has 0 fully saturated rings.